The highest BCUT2D eigenvalue weighted by atomic mass is 16.5. The van der Waals surface area contributed by atoms with Gasteiger partial charge in [-0.3, -0.25) is 0 Å². The van der Waals surface area contributed by atoms with Crippen molar-refractivity contribution in [3.63, 3.8) is 0 Å². The number of aliphatic carboxylic acids is 1. The molecule has 1 rings (SSSR count). The van der Waals surface area contributed by atoms with E-state index in [1.165, 1.54) is 0 Å². The summed E-state index contributed by atoms with van der Waals surface area (Å²) in [7, 11) is 0. The highest BCUT2D eigenvalue weighted by Crippen LogP contribution is 2.15. The second-order valence-corrected chi connectivity index (χ2v) is 7.42. The van der Waals surface area contributed by atoms with E-state index in [-0.39, 0.29) is 12.1 Å². The van der Waals surface area contributed by atoms with Crippen LogP contribution in [0.3, 0.4) is 0 Å². The maximum absolute atomic E-state index is 12.3. The normalized spacial score (nSPS) is 12.1. The van der Waals surface area contributed by atoms with Crippen molar-refractivity contribution in [2.24, 2.45) is 5.92 Å². The van der Waals surface area contributed by atoms with Gasteiger partial charge in [0, 0.05) is 25.6 Å². The van der Waals surface area contributed by atoms with Gasteiger partial charge in [0.15, 0.2) is 6.10 Å². The number of carbonyl (C=O) groups is 2. The minimum absolute atomic E-state index is 0.0849. The molecule has 1 atom stereocenters. The molecule has 0 aliphatic heterocycles. The second kappa shape index (κ2) is 12.2. The van der Waals surface area contributed by atoms with Crippen LogP contribution in [0, 0.1) is 5.92 Å². The number of urea groups is 1. The summed E-state index contributed by atoms with van der Waals surface area (Å²) < 4.78 is 11.0. The Morgan fingerprint density at radius 1 is 1.14 bits per heavy atom. The minimum atomic E-state index is -0.966. The lowest BCUT2D eigenvalue weighted by Crippen LogP contribution is -2.46. The molecule has 7 heteroatoms. The van der Waals surface area contributed by atoms with E-state index in [9.17, 15) is 9.59 Å². The van der Waals surface area contributed by atoms with Crippen LogP contribution in [0.25, 0.3) is 0 Å². The molecule has 1 aromatic carbocycles. The molecule has 0 saturated heterocycles. The van der Waals surface area contributed by atoms with Crippen molar-refractivity contribution < 1.29 is 24.2 Å². The number of benzene rings is 1. The number of carboxylic acids is 1. The van der Waals surface area contributed by atoms with Gasteiger partial charge in [0.05, 0.1) is 6.54 Å². The maximum atomic E-state index is 12.3. The monoisotopic (exact) mass is 394 g/mol. The zero-order chi connectivity index (χ0) is 21.1. The molecule has 28 heavy (non-hydrogen) atoms. The number of hydrogen-bond acceptors (Lipinski definition) is 4. The number of carboxylic acid groups (broad SMARTS) is 1. The summed E-state index contributed by atoms with van der Waals surface area (Å²) in [5, 5.41) is 12.1. The number of hydrogen-bond donors (Lipinski definition) is 2. The van der Waals surface area contributed by atoms with E-state index in [2.05, 4.69) is 19.2 Å². The van der Waals surface area contributed by atoms with Crippen molar-refractivity contribution in [2.45, 2.75) is 53.2 Å². The van der Waals surface area contributed by atoms with E-state index in [0.717, 1.165) is 5.56 Å². The molecule has 1 aromatic rings. The van der Waals surface area contributed by atoms with Crippen LogP contribution in [0.4, 0.5) is 4.79 Å². The van der Waals surface area contributed by atoms with Crippen LogP contribution in [0.2, 0.25) is 0 Å². The first-order valence-electron chi connectivity index (χ1n) is 9.84. The Hall–Kier alpha value is -2.28. The van der Waals surface area contributed by atoms with Gasteiger partial charge in [-0.2, -0.15) is 0 Å². The van der Waals surface area contributed by atoms with Gasteiger partial charge in [0.2, 0.25) is 0 Å². The first-order chi connectivity index (χ1) is 13.2. The average Bonchev–Trinajstić information content (AvgIpc) is 2.60. The molecule has 1 unspecified atom stereocenters. The predicted molar refractivity (Wildman–Crippen MR) is 109 cm³/mol. The zero-order valence-corrected chi connectivity index (χ0v) is 17.6. The Balaban J connectivity index is 2.56. The molecule has 0 saturated carbocycles. The molecule has 0 aromatic heterocycles. The van der Waals surface area contributed by atoms with Crippen molar-refractivity contribution >= 4 is 12.0 Å². The molecule has 0 fully saturated rings. The molecule has 0 aliphatic rings. The van der Waals surface area contributed by atoms with Gasteiger partial charge in [0.25, 0.3) is 0 Å². The van der Waals surface area contributed by atoms with Gasteiger partial charge in [-0.25, -0.2) is 9.59 Å². The Morgan fingerprint density at radius 2 is 1.79 bits per heavy atom. The largest absolute Gasteiger partial charge is 0.492 e. The van der Waals surface area contributed by atoms with Crippen LogP contribution in [0.5, 0.6) is 5.75 Å². The zero-order valence-electron chi connectivity index (χ0n) is 17.6. The van der Waals surface area contributed by atoms with Gasteiger partial charge < -0.3 is 24.8 Å². The van der Waals surface area contributed by atoms with E-state index < -0.39 is 12.1 Å². The lowest BCUT2D eigenvalue weighted by atomic mass is 10.1. The van der Waals surface area contributed by atoms with Crippen molar-refractivity contribution in [1.29, 1.82) is 0 Å². The van der Waals surface area contributed by atoms with Gasteiger partial charge in [-0.05, 0) is 44.4 Å². The third-order valence-corrected chi connectivity index (χ3v) is 3.90. The van der Waals surface area contributed by atoms with Gasteiger partial charge in [-0.15, -0.1) is 0 Å². The van der Waals surface area contributed by atoms with Crippen LogP contribution in [-0.2, 0) is 16.0 Å². The Morgan fingerprint density at radius 3 is 2.29 bits per heavy atom. The Kier molecular flexibility index (Phi) is 10.4. The van der Waals surface area contributed by atoms with Gasteiger partial charge in [-0.1, -0.05) is 26.0 Å². The minimum Gasteiger partial charge on any atom is -0.492 e. The molecule has 7 nitrogen and oxygen atoms in total. The van der Waals surface area contributed by atoms with Crippen molar-refractivity contribution in [1.82, 2.24) is 10.2 Å². The summed E-state index contributed by atoms with van der Waals surface area (Å²) in [4.78, 5) is 25.2. The summed E-state index contributed by atoms with van der Waals surface area (Å²) in [6.07, 6.45) is -0.540. The highest BCUT2D eigenvalue weighted by molar-refractivity contribution is 5.74. The number of carbonyl (C=O) groups excluding carboxylic acids is 1. The van der Waals surface area contributed by atoms with E-state index >= 15 is 0 Å². The Bertz CT molecular complexity index is 601. The van der Waals surface area contributed by atoms with Crippen molar-refractivity contribution in [3.05, 3.63) is 29.8 Å². The fraction of sp³-hybridized carbons (Fsp3) is 0.619. The fourth-order valence-electron chi connectivity index (χ4n) is 2.68. The molecule has 2 amide bonds. The first-order valence-corrected chi connectivity index (χ1v) is 9.84. The molecule has 0 heterocycles. The van der Waals surface area contributed by atoms with E-state index in [0.29, 0.717) is 44.4 Å². The summed E-state index contributed by atoms with van der Waals surface area (Å²) in [6.45, 7) is 11.7. The molecule has 0 aliphatic carbocycles. The molecule has 0 bridgehead atoms. The second-order valence-electron chi connectivity index (χ2n) is 7.42. The number of rotatable bonds is 12. The van der Waals surface area contributed by atoms with Crippen molar-refractivity contribution in [2.75, 3.05) is 26.3 Å². The third-order valence-electron chi connectivity index (χ3n) is 3.90. The fourth-order valence-corrected chi connectivity index (χ4v) is 2.68. The summed E-state index contributed by atoms with van der Waals surface area (Å²) in [5.41, 5.74) is 0.867. The number of nitrogens with one attached hydrogen (secondary N) is 1. The van der Waals surface area contributed by atoms with E-state index in [1.807, 2.05) is 26.0 Å². The lowest BCUT2D eigenvalue weighted by Gasteiger charge is -2.26. The summed E-state index contributed by atoms with van der Waals surface area (Å²) >= 11 is 0. The smallest absolute Gasteiger partial charge is 0.333 e. The maximum Gasteiger partial charge on any atom is 0.333 e. The average molecular weight is 395 g/mol. The first kappa shape index (κ1) is 23.8. The van der Waals surface area contributed by atoms with Crippen LogP contribution in [0.15, 0.2) is 24.3 Å². The van der Waals surface area contributed by atoms with Gasteiger partial charge in [0.1, 0.15) is 12.4 Å². The topological polar surface area (TPSA) is 88.1 Å². The SMILES string of the molecule is CCOC(Cc1ccc(OCCN(CC(C)C)C(=O)NC(C)C)cc1)C(=O)O. The molecule has 0 spiro atoms. The van der Waals surface area contributed by atoms with Gasteiger partial charge >= 0.3 is 12.0 Å². The third kappa shape index (κ3) is 9.08. The molecule has 2 N–H and O–H groups in total. The van der Waals surface area contributed by atoms with E-state index in [1.54, 1.807) is 24.0 Å². The summed E-state index contributed by atoms with van der Waals surface area (Å²) in [6, 6.07) is 7.28. The lowest BCUT2D eigenvalue weighted by molar-refractivity contribution is -0.149. The number of ether oxygens (including phenoxy) is 2. The van der Waals surface area contributed by atoms with Crippen LogP contribution < -0.4 is 10.1 Å². The summed E-state index contributed by atoms with van der Waals surface area (Å²) in [5.74, 6) is 0.0811. The molecular weight excluding hydrogens is 360 g/mol. The van der Waals surface area contributed by atoms with Crippen LogP contribution >= 0.6 is 0 Å². The quantitative estimate of drug-likeness (QED) is 0.568. The standard InChI is InChI=1S/C21H34N2O5/c1-6-27-19(20(24)25)13-17-7-9-18(10-8-17)28-12-11-23(14-15(2)3)21(26)22-16(4)5/h7-10,15-16,19H,6,11-14H2,1-5H3,(H,22,26)(H,24,25). The highest BCUT2D eigenvalue weighted by Gasteiger charge is 2.18. The van der Waals surface area contributed by atoms with E-state index in [4.69, 9.17) is 14.6 Å². The molecular formula is C21H34N2O5. The molecule has 0 radical (unpaired) electrons. The number of amides is 2. The van der Waals surface area contributed by atoms with Crippen LogP contribution in [-0.4, -0.2) is 60.5 Å². The number of nitrogens with zero attached hydrogens (tertiary/aromatic N) is 1. The van der Waals surface area contributed by atoms with Crippen molar-refractivity contribution in [3.8, 4) is 5.75 Å². The predicted octanol–water partition coefficient (Wildman–Crippen LogP) is 3.17. The Labute approximate surface area is 168 Å². The molecule has 158 valence electrons. The van der Waals surface area contributed by atoms with Crippen LogP contribution in [0.1, 0.15) is 40.2 Å².